The normalized spacial score (nSPS) is 20.7. The zero-order valence-electron chi connectivity index (χ0n) is 12.2. The van der Waals surface area contributed by atoms with Crippen LogP contribution in [-0.4, -0.2) is 39.4 Å². The fourth-order valence-electron chi connectivity index (χ4n) is 2.67. The third kappa shape index (κ3) is 3.56. The van der Waals surface area contributed by atoms with E-state index in [9.17, 15) is 12.8 Å². The monoisotopic (exact) mass is 334 g/mol. The molecule has 7 heteroatoms. The second-order valence-electron chi connectivity index (χ2n) is 5.46. The Morgan fingerprint density at radius 2 is 2.19 bits per heavy atom. The van der Waals surface area contributed by atoms with Gasteiger partial charge in [0.05, 0.1) is 5.02 Å². The fraction of sp³-hybridized carbons (Fsp3) is 0.571. The molecule has 1 aromatic rings. The van der Waals surface area contributed by atoms with Gasteiger partial charge in [-0.15, -0.1) is 0 Å². The number of rotatable bonds is 4. The molecule has 1 heterocycles. The SMILES string of the molecule is CNCC1CCCN(S(=O)(=O)c2cc(C)c(F)cc2Cl)C1. The fourth-order valence-corrected chi connectivity index (χ4v) is 4.80. The van der Waals surface area contributed by atoms with Crippen molar-refractivity contribution in [1.29, 1.82) is 0 Å². The van der Waals surface area contributed by atoms with E-state index >= 15 is 0 Å². The highest BCUT2D eigenvalue weighted by molar-refractivity contribution is 7.89. The minimum Gasteiger partial charge on any atom is -0.319 e. The average molecular weight is 335 g/mol. The third-order valence-electron chi connectivity index (χ3n) is 3.81. The molecule has 1 aliphatic rings. The number of hydrogen-bond donors (Lipinski definition) is 1. The van der Waals surface area contributed by atoms with Gasteiger partial charge in [-0.25, -0.2) is 12.8 Å². The van der Waals surface area contributed by atoms with Crippen LogP contribution in [0.25, 0.3) is 0 Å². The van der Waals surface area contributed by atoms with Crippen LogP contribution < -0.4 is 5.32 Å². The van der Waals surface area contributed by atoms with Gasteiger partial charge in [0.2, 0.25) is 10.0 Å². The molecule has 1 aromatic carbocycles. The quantitative estimate of drug-likeness (QED) is 0.920. The number of halogens is 2. The second kappa shape index (κ2) is 6.60. The smallest absolute Gasteiger partial charge is 0.244 e. The summed E-state index contributed by atoms with van der Waals surface area (Å²) in [6.07, 6.45) is 1.83. The van der Waals surface area contributed by atoms with Crippen molar-refractivity contribution < 1.29 is 12.8 Å². The Kier molecular flexibility index (Phi) is 5.24. The van der Waals surface area contributed by atoms with Gasteiger partial charge in [0.1, 0.15) is 10.7 Å². The van der Waals surface area contributed by atoms with Crippen molar-refractivity contribution in [3.63, 3.8) is 0 Å². The largest absolute Gasteiger partial charge is 0.319 e. The lowest BCUT2D eigenvalue weighted by Crippen LogP contribution is -2.42. The molecular weight excluding hydrogens is 315 g/mol. The Morgan fingerprint density at radius 3 is 2.86 bits per heavy atom. The number of benzene rings is 1. The highest BCUT2D eigenvalue weighted by Gasteiger charge is 2.31. The molecule has 0 spiro atoms. The van der Waals surface area contributed by atoms with E-state index in [-0.39, 0.29) is 15.5 Å². The molecule has 118 valence electrons. The van der Waals surface area contributed by atoms with Crippen molar-refractivity contribution in [2.45, 2.75) is 24.7 Å². The summed E-state index contributed by atoms with van der Waals surface area (Å²) in [5.41, 5.74) is 0.279. The molecule has 1 fully saturated rings. The molecule has 2 rings (SSSR count). The molecule has 0 aromatic heterocycles. The van der Waals surface area contributed by atoms with Crippen LogP contribution in [0, 0.1) is 18.7 Å². The Morgan fingerprint density at radius 1 is 1.48 bits per heavy atom. The van der Waals surface area contributed by atoms with Gasteiger partial charge in [-0.3, -0.25) is 0 Å². The summed E-state index contributed by atoms with van der Waals surface area (Å²) < 4.78 is 40.3. The number of hydrogen-bond acceptors (Lipinski definition) is 3. The van der Waals surface area contributed by atoms with Gasteiger partial charge >= 0.3 is 0 Å². The first-order chi connectivity index (χ1) is 9.86. The first-order valence-corrected chi connectivity index (χ1v) is 8.78. The van der Waals surface area contributed by atoms with Crippen LogP contribution in [0.4, 0.5) is 4.39 Å². The van der Waals surface area contributed by atoms with Crippen LogP contribution in [-0.2, 0) is 10.0 Å². The Hall–Kier alpha value is -0.690. The summed E-state index contributed by atoms with van der Waals surface area (Å²) in [6, 6.07) is 2.38. The molecule has 0 aliphatic carbocycles. The topological polar surface area (TPSA) is 49.4 Å². The van der Waals surface area contributed by atoms with Gasteiger partial charge in [0, 0.05) is 13.1 Å². The van der Waals surface area contributed by atoms with Gasteiger partial charge in [-0.2, -0.15) is 4.31 Å². The van der Waals surface area contributed by atoms with E-state index in [2.05, 4.69) is 5.32 Å². The van der Waals surface area contributed by atoms with Crippen LogP contribution in [0.5, 0.6) is 0 Å². The van der Waals surface area contributed by atoms with Gasteiger partial charge < -0.3 is 5.32 Å². The zero-order valence-corrected chi connectivity index (χ0v) is 13.8. The van der Waals surface area contributed by atoms with Crippen molar-refractivity contribution in [3.8, 4) is 0 Å². The van der Waals surface area contributed by atoms with Crippen molar-refractivity contribution in [3.05, 3.63) is 28.5 Å². The van der Waals surface area contributed by atoms with E-state index in [0.717, 1.165) is 25.5 Å². The predicted molar refractivity (Wildman–Crippen MR) is 81.6 cm³/mol. The van der Waals surface area contributed by atoms with E-state index in [1.807, 2.05) is 7.05 Å². The van der Waals surface area contributed by atoms with E-state index in [0.29, 0.717) is 19.0 Å². The van der Waals surface area contributed by atoms with Crippen LogP contribution in [0.2, 0.25) is 5.02 Å². The van der Waals surface area contributed by atoms with Crippen molar-refractivity contribution >= 4 is 21.6 Å². The molecule has 1 unspecified atom stereocenters. The first kappa shape index (κ1) is 16.7. The molecule has 0 bridgehead atoms. The second-order valence-corrected chi connectivity index (χ2v) is 7.77. The molecular formula is C14H20ClFN2O2S. The van der Waals surface area contributed by atoms with Crippen LogP contribution >= 0.6 is 11.6 Å². The Balaban J connectivity index is 2.31. The predicted octanol–water partition coefficient (Wildman–Crippen LogP) is 2.41. The maximum Gasteiger partial charge on any atom is 0.244 e. The van der Waals surface area contributed by atoms with Crippen LogP contribution in [0.1, 0.15) is 18.4 Å². The summed E-state index contributed by atoms with van der Waals surface area (Å²) in [6.45, 7) is 3.26. The molecule has 1 N–H and O–H groups in total. The molecule has 0 saturated carbocycles. The molecule has 1 aliphatic heterocycles. The molecule has 4 nitrogen and oxygen atoms in total. The van der Waals surface area contributed by atoms with Gasteiger partial charge in [-0.1, -0.05) is 11.6 Å². The lowest BCUT2D eigenvalue weighted by molar-refractivity contribution is 0.263. The number of aryl methyl sites for hydroxylation is 1. The summed E-state index contributed by atoms with van der Waals surface area (Å²) in [5.74, 6) is -0.204. The highest BCUT2D eigenvalue weighted by atomic mass is 35.5. The summed E-state index contributed by atoms with van der Waals surface area (Å²) in [4.78, 5) is -0.00632. The van der Waals surface area contributed by atoms with Gasteiger partial charge in [0.25, 0.3) is 0 Å². The average Bonchev–Trinajstić information content (AvgIpc) is 2.43. The van der Waals surface area contributed by atoms with Gasteiger partial charge in [-0.05, 0) is 57.0 Å². The molecule has 0 radical (unpaired) electrons. The highest BCUT2D eigenvalue weighted by Crippen LogP contribution is 2.30. The van der Waals surface area contributed by atoms with E-state index in [4.69, 9.17) is 11.6 Å². The van der Waals surface area contributed by atoms with Crippen LogP contribution in [0.3, 0.4) is 0 Å². The van der Waals surface area contributed by atoms with Crippen molar-refractivity contribution in [2.75, 3.05) is 26.7 Å². The minimum absolute atomic E-state index is 0.00632. The van der Waals surface area contributed by atoms with E-state index < -0.39 is 15.8 Å². The van der Waals surface area contributed by atoms with Gasteiger partial charge in [0.15, 0.2) is 0 Å². The molecule has 0 amide bonds. The van der Waals surface area contributed by atoms with E-state index in [1.54, 1.807) is 0 Å². The summed E-state index contributed by atoms with van der Waals surface area (Å²) >= 11 is 5.94. The zero-order chi connectivity index (χ0) is 15.6. The summed E-state index contributed by atoms with van der Waals surface area (Å²) in [7, 11) is -1.82. The van der Waals surface area contributed by atoms with E-state index in [1.165, 1.54) is 17.3 Å². The third-order valence-corrected chi connectivity index (χ3v) is 6.14. The number of sulfonamides is 1. The molecule has 1 atom stereocenters. The standard InChI is InChI=1S/C14H20ClFN2O2S/c1-10-6-14(12(15)7-13(10)16)21(19,20)18-5-3-4-11(9-18)8-17-2/h6-7,11,17H,3-5,8-9H2,1-2H3. The van der Waals surface area contributed by atoms with Crippen molar-refractivity contribution in [2.24, 2.45) is 5.92 Å². The minimum atomic E-state index is -3.68. The summed E-state index contributed by atoms with van der Waals surface area (Å²) in [5, 5.41) is 3.02. The Labute approximate surface area is 130 Å². The lowest BCUT2D eigenvalue weighted by Gasteiger charge is -2.32. The Bertz CT molecular complexity index is 620. The van der Waals surface area contributed by atoms with Crippen molar-refractivity contribution in [1.82, 2.24) is 9.62 Å². The first-order valence-electron chi connectivity index (χ1n) is 6.96. The maximum absolute atomic E-state index is 13.5. The molecule has 21 heavy (non-hydrogen) atoms. The number of piperidine rings is 1. The number of nitrogens with one attached hydrogen (secondary N) is 1. The molecule has 1 saturated heterocycles. The maximum atomic E-state index is 13.5. The number of nitrogens with zero attached hydrogens (tertiary/aromatic N) is 1. The lowest BCUT2D eigenvalue weighted by atomic mass is 10.00. The van der Waals surface area contributed by atoms with Crippen LogP contribution in [0.15, 0.2) is 17.0 Å².